The minimum atomic E-state index is -0.507. The molecule has 1 amide bonds. The molecular formula is C22H25NO3. The maximum Gasteiger partial charge on any atom is 0.251 e. The van der Waals surface area contributed by atoms with Crippen LogP contribution in [-0.2, 0) is 6.42 Å². The number of aryl methyl sites for hydroxylation is 1. The summed E-state index contributed by atoms with van der Waals surface area (Å²) in [5.41, 5.74) is 2.76. The first kappa shape index (κ1) is 18.2. The van der Waals surface area contributed by atoms with E-state index in [1.54, 1.807) is 18.2 Å². The molecular weight excluding hydrogens is 326 g/mol. The number of nitrogens with one attached hydrogen (secondary N) is 1. The molecule has 1 aliphatic rings. The van der Waals surface area contributed by atoms with E-state index in [9.17, 15) is 9.59 Å². The van der Waals surface area contributed by atoms with Gasteiger partial charge in [0.05, 0.1) is 18.0 Å². The summed E-state index contributed by atoms with van der Waals surface area (Å²) in [6.45, 7) is 7.84. The summed E-state index contributed by atoms with van der Waals surface area (Å²) >= 11 is 0. The van der Waals surface area contributed by atoms with Crippen molar-refractivity contribution in [3.63, 3.8) is 0 Å². The highest BCUT2D eigenvalue weighted by atomic mass is 16.5. The van der Waals surface area contributed by atoms with E-state index in [1.807, 2.05) is 32.9 Å². The first-order valence-corrected chi connectivity index (χ1v) is 9.05. The molecule has 0 aliphatic carbocycles. The van der Waals surface area contributed by atoms with Crippen LogP contribution in [0.3, 0.4) is 0 Å². The predicted molar refractivity (Wildman–Crippen MR) is 102 cm³/mol. The van der Waals surface area contributed by atoms with Crippen molar-refractivity contribution < 1.29 is 14.3 Å². The fourth-order valence-corrected chi connectivity index (χ4v) is 3.20. The number of fused-ring (bicyclic) bond motifs is 1. The Morgan fingerprint density at radius 3 is 2.54 bits per heavy atom. The van der Waals surface area contributed by atoms with E-state index in [1.165, 1.54) is 5.56 Å². The van der Waals surface area contributed by atoms with E-state index in [0.717, 1.165) is 12.0 Å². The number of amides is 1. The van der Waals surface area contributed by atoms with Gasteiger partial charge < -0.3 is 10.1 Å². The molecule has 3 rings (SSSR count). The quantitative estimate of drug-likeness (QED) is 0.883. The smallest absolute Gasteiger partial charge is 0.251 e. The molecule has 1 aliphatic heterocycles. The van der Waals surface area contributed by atoms with Gasteiger partial charge >= 0.3 is 0 Å². The summed E-state index contributed by atoms with van der Waals surface area (Å²) in [4.78, 5) is 25.0. The molecule has 0 saturated heterocycles. The minimum Gasteiger partial charge on any atom is -0.487 e. The molecule has 1 N–H and O–H groups in total. The number of benzene rings is 2. The van der Waals surface area contributed by atoms with E-state index in [2.05, 4.69) is 24.4 Å². The van der Waals surface area contributed by atoms with Crippen LogP contribution in [0.25, 0.3) is 0 Å². The Morgan fingerprint density at radius 2 is 1.88 bits per heavy atom. The minimum absolute atomic E-state index is 0.00843. The second-order valence-corrected chi connectivity index (χ2v) is 7.46. The topological polar surface area (TPSA) is 55.4 Å². The molecule has 0 bridgehead atoms. The van der Waals surface area contributed by atoms with Crippen LogP contribution in [-0.4, -0.2) is 17.3 Å². The predicted octanol–water partition coefficient (Wildman–Crippen LogP) is 4.48. The normalized spacial score (nSPS) is 16.4. The van der Waals surface area contributed by atoms with Crippen LogP contribution in [0.15, 0.2) is 42.5 Å². The maximum atomic E-state index is 12.6. The Balaban J connectivity index is 1.76. The number of ether oxygens (including phenoxy) is 1. The van der Waals surface area contributed by atoms with E-state index in [0.29, 0.717) is 23.3 Å². The molecule has 0 spiro atoms. The Hall–Kier alpha value is -2.62. The van der Waals surface area contributed by atoms with Gasteiger partial charge in [-0.25, -0.2) is 0 Å². The Bertz CT molecular complexity index is 837. The first-order chi connectivity index (χ1) is 12.3. The Labute approximate surface area is 154 Å². The zero-order chi connectivity index (χ0) is 18.9. The standard InChI is InChI=1S/C22H25NO3/c1-5-15-6-8-16(9-7-15)14(2)23-21(25)17-10-11-20-18(12-17)19(24)13-22(3,4)26-20/h6-12,14H,5,13H2,1-4H3,(H,23,25). The third-order valence-electron chi connectivity index (χ3n) is 4.75. The molecule has 1 atom stereocenters. The van der Waals surface area contributed by atoms with Gasteiger partial charge in [-0.2, -0.15) is 0 Å². The van der Waals surface area contributed by atoms with Gasteiger partial charge in [-0.1, -0.05) is 31.2 Å². The lowest BCUT2D eigenvalue weighted by atomic mass is 9.92. The Morgan fingerprint density at radius 1 is 1.19 bits per heavy atom. The van der Waals surface area contributed by atoms with Crippen LogP contribution in [0, 0.1) is 0 Å². The van der Waals surface area contributed by atoms with E-state index in [-0.39, 0.29) is 17.7 Å². The second-order valence-electron chi connectivity index (χ2n) is 7.46. The van der Waals surface area contributed by atoms with Gasteiger partial charge in [-0.3, -0.25) is 9.59 Å². The van der Waals surface area contributed by atoms with Crippen molar-refractivity contribution in [2.75, 3.05) is 0 Å². The van der Waals surface area contributed by atoms with E-state index in [4.69, 9.17) is 4.74 Å². The van der Waals surface area contributed by atoms with Crippen LogP contribution in [0.1, 0.15) is 72.0 Å². The number of hydrogen-bond donors (Lipinski definition) is 1. The number of hydrogen-bond acceptors (Lipinski definition) is 3. The zero-order valence-corrected chi connectivity index (χ0v) is 15.8. The van der Waals surface area contributed by atoms with E-state index >= 15 is 0 Å². The average molecular weight is 351 g/mol. The lowest BCUT2D eigenvalue weighted by Gasteiger charge is -2.31. The van der Waals surface area contributed by atoms with Gasteiger partial charge in [-0.15, -0.1) is 0 Å². The summed E-state index contributed by atoms with van der Waals surface area (Å²) in [5, 5.41) is 3.00. The molecule has 4 nitrogen and oxygen atoms in total. The highest BCUT2D eigenvalue weighted by Gasteiger charge is 2.32. The Kier molecular flexibility index (Phi) is 4.86. The van der Waals surface area contributed by atoms with Crippen LogP contribution in [0.2, 0.25) is 0 Å². The van der Waals surface area contributed by atoms with Crippen molar-refractivity contribution in [3.8, 4) is 5.75 Å². The lowest BCUT2D eigenvalue weighted by Crippen LogP contribution is -2.36. The van der Waals surface area contributed by atoms with Gasteiger partial charge in [0.25, 0.3) is 5.91 Å². The molecule has 0 fully saturated rings. The second kappa shape index (κ2) is 6.94. The van der Waals surface area contributed by atoms with Gasteiger partial charge in [0.2, 0.25) is 0 Å². The zero-order valence-electron chi connectivity index (χ0n) is 15.8. The molecule has 1 heterocycles. The van der Waals surface area contributed by atoms with Gasteiger partial charge in [0, 0.05) is 5.56 Å². The molecule has 4 heteroatoms. The van der Waals surface area contributed by atoms with Crippen LogP contribution in [0.4, 0.5) is 0 Å². The first-order valence-electron chi connectivity index (χ1n) is 9.05. The molecule has 0 radical (unpaired) electrons. The number of Topliss-reactive ketones (excluding diaryl/α,β-unsaturated/α-hetero) is 1. The molecule has 2 aromatic carbocycles. The maximum absolute atomic E-state index is 12.6. The van der Waals surface area contributed by atoms with Crippen LogP contribution >= 0.6 is 0 Å². The third kappa shape index (κ3) is 3.79. The molecule has 1 unspecified atom stereocenters. The molecule has 26 heavy (non-hydrogen) atoms. The van der Waals surface area contributed by atoms with Crippen LogP contribution in [0.5, 0.6) is 5.75 Å². The summed E-state index contributed by atoms with van der Waals surface area (Å²) in [6.07, 6.45) is 1.30. The summed E-state index contributed by atoms with van der Waals surface area (Å²) in [5.74, 6) is 0.359. The highest BCUT2D eigenvalue weighted by Crippen LogP contribution is 2.33. The van der Waals surface area contributed by atoms with Gasteiger partial charge in [-0.05, 0) is 56.5 Å². The summed E-state index contributed by atoms with van der Waals surface area (Å²) in [7, 11) is 0. The summed E-state index contributed by atoms with van der Waals surface area (Å²) in [6, 6.07) is 13.2. The highest BCUT2D eigenvalue weighted by molar-refractivity contribution is 6.03. The van der Waals surface area contributed by atoms with Crippen molar-refractivity contribution in [3.05, 3.63) is 64.7 Å². The van der Waals surface area contributed by atoms with Gasteiger partial charge in [0.1, 0.15) is 11.4 Å². The third-order valence-corrected chi connectivity index (χ3v) is 4.75. The average Bonchev–Trinajstić information content (AvgIpc) is 2.60. The van der Waals surface area contributed by atoms with E-state index < -0.39 is 5.60 Å². The molecule has 0 aromatic heterocycles. The van der Waals surface area contributed by atoms with Crippen molar-refractivity contribution in [2.45, 2.75) is 52.2 Å². The monoisotopic (exact) mass is 351 g/mol. The molecule has 0 saturated carbocycles. The lowest BCUT2D eigenvalue weighted by molar-refractivity contribution is 0.0620. The van der Waals surface area contributed by atoms with Crippen molar-refractivity contribution >= 4 is 11.7 Å². The number of ketones is 1. The SMILES string of the molecule is CCc1ccc(C(C)NC(=O)c2ccc3c(c2)C(=O)CC(C)(C)O3)cc1. The van der Waals surface area contributed by atoms with Crippen molar-refractivity contribution in [1.82, 2.24) is 5.32 Å². The number of carbonyl (C=O) groups excluding carboxylic acids is 2. The fraction of sp³-hybridized carbons (Fsp3) is 0.364. The van der Waals surface area contributed by atoms with Crippen molar-refractivity contribution in [2.24, 2.45) is 0 Å². The van der Waals surface area contributed by atoms with Crippen LogP contribution < -0.4 is 10.1 Å². The summed E-state index contributed by atoms with van der Waals surface area (Å²) < 4.78 is 5.84. The number of rotatable bonds is 4. The largest absolute Gasteiger partial charge is 0.487 e. The molecule has 2 aromatic rings. The van der Waals surface area contributed by atoms with Gasteiger partial charge in [0.15, 0.2) is 5.78 Å². The van der Waals surface area contributed by atoms with Crippen molar-refractivity contribution in [1.29, 1.82) is 0 Å². The molecule has 136 valence electrons. The number of carbonyl (C=O) groups is 2. The fourth-order valence-electron chi connectivity index (χ4n) is 3.20.